The number of hydrogen-bond acceptors (Lipinski definition) is 2. The minimum Gasteiger partial charge on any atom is -0.455 e. The third-order valence-corrected chi connectivity index (χ3v) is 8.51. The Morgan fingerprint density at radius 2 is 0.804 bits per heavy atom. The van der Waals surface area contributed by atoms with Gasteiger partial charge in [-0.1, -0.05) is 146 Å². The zero-order valence-corrected chi connectivity index (χ0v) is 25.3. The van der Waals surface area contributed by atoms with E-state index in [0.717, 1.165) is 50.5 Å². The van der Waals surface area contributed by atoms with Gasteiger partial charge in [0.05, 0.1) is 5.69 Å². The van der Waals surface area contributed by atoms with Crippen LogP contribution in [0.15, 0.2) is 192 Å². The summed E-state index contributed by atoms with van der Waals surface area (Å²) in [5.74, 6) is 0.860. The molecular formula is C44H31NO. The Bertz CT molecular complexity index is 2220. The standard InChI is InChI=1S/C44H31NO/c1-4-14-32(15-5-1)33-24-26-34(27-25-33)35-28-30-38(31-29-35)45(37-18-8-3-9-19-37)41-22-12-10-20-39(41)44-43(36-16-6-2-7-17-36)40-21-11-13-23-42(40)46-44/h1-31H. The van der Waals surface area contributed by atoms with Gasteiger partial charge >= 0.3 is 0 Å². The van der Waals surface area contributed by atoms with Crippen LogP contribution in [0.3, 0.4) is 0 Å². The zero-order valence-electron chi connectivity index (χ0n) is 25.3. The Morgan fingerprint density at radius 3 is 1.46 bits per heavy atom. The summed E-state index contributed by atoms with van der Waals surface area (Å²) in [6.45, 7) is 0. The van der Waals surface area contributed by atoms with Gasteiger partial charge in [-0.05, 0) is 70.3 Å². The van der Waals surface area contributed by atoms with Gasteiger partial charge in [-0.15, -0.1) is 0 Å². The highest BCUT2D eigenvalue weighted by Crippen LogP contribution is 2.47. The van der Waals surface area contributed by atoms with Crippen LogP contribution in [0, 0.1) is 0 Å². The summed E-state index contributed by atoms with van der Waals surface area (Å²) < 4.78 is 6.69. The van der Waals surface area contributed by atoms with Gasteiger partial charge in [0.2, 0.25) is 0 Å². The van der Waals surface area contributed by atoms with Crippen molar-refractivity contribution in [3.63, 3.8) is 0 Å². The third kappa shape index (κ3) is 5.16. The molecule has 0 amide bonds. The van der Waals surface area contributed by atoms with Crippen molar-refractivity contribution in [2.24, 2.45) is 0 Å². The Labute approximate surface area is 269 Å². The topological polar surface area (TPSA) is 16.4 Å². The molecule has 0 fully saturated rings. The molecule has 1 heterocycles. The molecule has 0 radical (unpaired) electrons. The zero-order chi connectivity index (χ0) is 30.7. The molecule has 46 heavy (non-hydrogen) atoms. The van der Waals surface area contributed by atoms with Crippen molar-refractivity contribution in [1.82, 2.24) is 0 Å². The molecule has 0 spiro atoms. The summed E-state index contributed by atoms with van der Waals surface area (Å²) in [6.07, 6.45) is 0. The minimum atomic E-state index is 0.860. The number of benzene rings is 7. The predicted octanol–water partition coefficient (Wildman–Crippen LogP) is 12.6. The van der Waals surface area contributed by atoms with Crippen LogP contribution in [0.25, 0.3) is 55.7 Å². The van der Waals surface area contributed by atoms with Crippen molar-refractivity contribution in [3.8, 4) is 44.7 Å². The maximum absolute atomic E-state index is 6.69. The van der Waals surface area contributed by atoms with E-state index in [9.17, 15) is 0 Å². The summed E-state index contributed by atoms with van der Waals surface area (Å²) in [5, 5.41) is 1.10. The molecule has 0 aliphatic heterocycles. The van der Waals surface area contributed by atoms with Gasteiger partial charge in [-0.25, -0.2) is 0 Å². The fourth-order valence-corrected chi connectivity index (χ4v) is 6.28. The van der Waals surface area contributed by atoms with Crippen molar-refractivity contribution in [2.75, 3.05) is 4.90 Å². The second-order valence-corrected chi connectivity index (χ2v) is 11.3. The highest BCUT2D eigenvalue weighted by Gasteiger charge is 2.23. The van der Waals surface area contributed by atoms with Crippen LogP contribution < -0.4 is 4.90 Å². The van der Waals surface area contributed by atoms with Gasteiger partial charge in [-0.3, -0.25) is 0 Å². The first kappa shape index (κ1) is 27.4. The number of furan rings is 1. The minimum absolute atomic E-state index is 0.860. The second kappa shape index (κ2) is 12.1. The van der Waals surface area contributed by atoms with E-state index in [1.807, 2.05) is 12.1 Å². The van der Waals surface area contributed by atoms with Crippen molar-refractivity contribution < 1.29 is 4.42 Å². The number of nitrogens with zero attached hydrogens (tertiary/aromatic N) is 1. The normalized spacial score (nSPS) is 11.0. The van der Waals surface area contributed by atoms with E-state index in [2.05, 4.69) is 181 Å². The van der Waals surface area contributed by atoms with E-state index in [0.29, 0.717) is 0 Å². The maximum atomic E-state index is 6.69. The quantitative estimate of drug-likeness (QED) is 0.184. The predicted molar refractivity (Wildman–Crippen MR) is 193 cm³/mol. The average Bonchev–Trinajstić information content (AvgIpc) is 3.53. The third-order valence-electron chi connectivity index (χ3n) is 8.51. The van der Waals surface area contributed by atoms with Crippen LogP contribution in [0.5, 0.6) is 0 Å². The monoisotopic (exact) mass is 589 g/mol. The molecule has 0 aliphatic rings. The fraction of sp³-hybridized carbons (Fsp3) is 0. The van der Waals surface area contributed by atoms with Crippen molar-refractivity contribution in [1.29, 1.82) is 0 Å². The molecule has 0 saturated carbocycles. The molecule has 0 aliphatic carbocycles. The molecule has 8 aromatic rings. The first-order valence-corrected chi connectivity index (χ1v) is 15.6. The summed E-state index contributed by atoms with van der Waals surface area (Å²) in [7, 11) is 0. The van der Waals surface area contributed by atoms with Gasteiger partial charge in [0.15, 0.2) is 0 Å². The smallest absolute Gasteiger partial charge is 0.145 e. The lowest BCUT2D eigenvalue weighted by atomic mass is 9.97. The van der Waals surface area contributed by atoms with E-state index in [1.165, 1.54) is 22.3 Å². The summed E-state index contributed by atoms with van der Waals surface area (Å²) in [5.41, 5.74) is 12.1. The molecule has 1 aromatic heterocycles. The highest BCUT2D eigenvalue weighted by molar-refractivity contribution is 6.04. The molecular weight excluding hydrogens is 558 g/mol. The first-order valence-electron chi connectivity index (χ1n) is 15.6. The Morgan fingerprint density at radius 1 is 0.348 bits per heavy atom. The number of anilines is 3. The van der Waals surface area contributed by atoms with E-state index < -0.39 is 0 Å². The van der Waals surface area contributed by atoms with E-state index >= 15 is 0 Å². The SMILES string of the molecule is c1ccc(-c2ccc(-c3ccc(N(c4ccccc4)c4ccccc4-c4oc5ccccc5c4-c4ccccc4)cc3)cc2)cc1. The van der Waals surface area contributed by atoms with Gasteiger partial charge in [0.25, 0.3) is 0 Å². The van der Waals surface area contributed by atoms with Gasteiger partial charge in [0, 0.05) is 27.9 Å². The van der Waals surface area contributed by atoms with Crippen LogP contribution >= 0.6 is 0 Å². The molecule has 0 atom stereocenters. The van der Waals surface area contributed by atoms with Crippen LogP contribution in [-0.4, -0.2) is 0 Å². The molecule has 0 unspecified atom stereocenters. The lowest BCUT2D eigenvalue weighted by molar-refractivity contribution is 0.632. The van der Waals surface area contributed by atoms with Crippen LogP contribution in [-0.2, 0) is 0 Å². The average molecular weight is 590 g/mol. The van der Waals surface area contributed by atoms with Crippen molar-refractivity contribution in [2.45, 2.75) is 0 Å². The van der Waals surface area contributed by atoms with Gasteiger partial charge < -0.3 is 9.32 Å². The maximum Gasteiger partial charge on any atom is 0.145 e. The van der Waals surface area contributed by atoms with Crippen molar-refractivity contribution >= 4 is 28.0 Å². The molecule has 2 nitrogen and oxygen atoms in total. The number of hydrogen-bond donors (Lipinski definition) is 0. The van der Waals surface area contributed by atoms with Gasteiger partial charge in [-0.2, -0.15) is 0 Å². The van der Waals surface area contributed by atoms with Crippen molar-refractivity contribution in [3.05, 3.63) is 188 Å². The Kier molecular flexibility index (Phi) is 7.22. The molecule has 7 aromatic carbocycles. The molecule has 0 saturated heterocycles. The lowest BCUT2D eigenvalue weighted by Crippen LogP contribution is -2.11. The van der Waals surface area contributed by atoms with E-state index in [-0.39, 0.29) is 0 Å². The number of fused-ring (bicyclic) bond motifs is 1. The first-order chi connectivity index (χ1) is 22.8. The summed E-state index contributed by atoms with van der Waals surface area (Å²) >= 11 is 0. The van der Waals surface area contributed by atoms with Crippen LogP contribution in [0.2, 0.25) is 0 Å². The fourth-order valence-electron chi connectivity index (χ4n) is 6.28. The number of para-hydroxylation sites is 3. The summed E-state index contributed by atoms with van der Waals surface area (Å²) in [6, 6.07) is 66.1. The van der Waals surface area contributed by atoms with Crippen LogP contribution in [0.1, 0.15) is 0 Å². The molecule has 218 valence electrons. The lowest BCUT2D eigenvalue weighted by Gasteiger charge is -2.27. The van der Waals surface area contributed by atoms with Gasteiger partial charge in [0.1, 0.15) is 11.3 Å². The molecule has 8 rings (SSSR count). The summed E-state index contributed by atoms with van der Waals surface area (Å²) in [4.78, 5) is 2.32. The van der Waals surface area contributed by atoms with E-state index in [1.54, 1.807) is 0 Å². The number of rotatable bonds is 7. The van der Waals surface area contributed by atoms with E-state index in [4.69, 9.17) is 4.42 Å². The second-order valence-electron chi connectivity index (χ2n) is 11.3. The highest BCUT2D eigenvalue weighted by atomic mass is 16.3. The Balaban J connectivity index is 1.23. The molecule has 0 bridgehead atoms. The Hall–Kier alpha value is -6.12. The largest absolute Gasteiger partial charge is 0.455 e. The molecule has 0 N–H and O–H groups in total. The van der Waals surface area contributed by atoms with Crippen LogP contribution in [0.4, 0.5) is 17.1 Å². The molecule has 2 heteroatoms.